The molecule has 2 aliphatic rings. The molecule has 0 aromatic heterocycles. The van der Waals surface area contributed by atoms with Crippen molar-refractivity contribution < 1.29 is 33.0 Å². The van der Waals surface area contributed by atoms with E-state index in [1.807, 2.05) is 19.1 Å². The maximum absolute atomic E-state index is 13.5. The van der Waals surface area contributed by atoms with Gasteiger partial charge in [-0.15, -0.1) is 0 Å². The first-order valence-electron chi connectivity index (χ1n) is 15.5. The number of ketones is 2. The fourth-order valence-electron chi connectivity index (χ4n) is 5.64. The number of nitrogens with one attached hydrogen (secondary N) is 1. The van der Waals surface area contributed by atoms with E-state index in [0.29, 0.717) is 12.0 Å². The maximum Gasteiger partial charge on any atom is 0.251 e. The van der Waals surface area contributed by atoms with Crippen molar-refractivity contribution in [2.45, 2.75) is 104 Å². The van der Waals surface area contributed by atoms with Gasteiger partial charge in [-0.05, 0) is 56.0 Å². The Morgan fingerprint density at radius 2 is 1.52 bits per heavy atom. The first-order chi connectivity index (χ1) is 20.4. The van der Waals surface area contributed by atoms with E-state index in [4.69, 9.17) is 18.6 Å². The molecule has 1 amide bonds. The van der Waals surface area contributed by atoms with Crippen LogP contribution in [0.2, 0.25) is 18.1 Å². The molecule has 2 rings (SSSR count). The Labute approximate surface area is 266 Å². The van der Waals surface area contributed by atoms with Crippen LogP contribution in [-0.4, -0.2) is 71.5 Å². The molecule has 1 aliphatic heterocycles. The number of carbonyl (C=O) groups is 3. The molecular weight excluding hydrogens is 574 g/mol. The van der Waals surface area contributed by atoms with Gasteiger partial charge in [0.2, 0.25) is 5.78 Å². The van der Waals surface area contributed by atoms with Crippen LogP contribution in [0, 0.1) is 17.8 Å². The summed E-state index contributed by atoms with van der Waals surface area (Å²) in [4.78, 5) is 39.3. The minimum absolute atomic E-state index is 0.00332. The number of allylic oxidation sites excluding steroid dienone is 5. The SMILES string of the molecule is CO[C@@H]1[C@@H](C)/C=C(\C)[C@@H](O[Si](C)(C)C(C)(C)C)[C@@H](C)/C=C/C=C(/C)C(=O)NC2=CC(=O)C=C(C2=O)[C@H](OC)[C@@H](C)C[C@H]1OC. The zero-order valence-electron chi connectivity index (χ0n) is 29.1. The standard InChI is InChI=1S/C35H55NO7Si/c1-21-15-14-16-22(2)34(39)36-28-20-26(37)19-27(30(28)38)32(41-10)25(5)18-29(40-9)33(42-11)24(4)17-23(3)31(21)43-44(12,13)35(6,7)8/h14-17,19-21,24-25,29,31-33H,18H2,1-13H3,(H,36,39)/b15-14+,22-16-,23-17+/t21-,24-,25-,29+,31-,32+,33+/m0/s1. The number of Topliss-reactive ketones (excluding diaryl/α,β-unsaturated/α-hetero) is 1. The van der Waals surface area contributed by atoms with Crippen LogP contribution in [0.3, 0.4) is 0 Å². The van der Waals surface area contributed by atoms with Gasteiger partial charge in [-0.2, -0.15) is 0 Å². The molecule has 1 heterocycles. The van der Waals surface area contributed by atoms with Gasteiger partial charge >= 0.3 is 0 Å². The Kier molecular flexibility index (Phi) is 13.5. The molecule has 1 aliphatic carbocycles. The monoisotopic (exact) mass is 629 g/mol. The van der Waals surface area contributed by atoms with Crippen molar-refractivity contribution >= 4 is 25.8 Å². The molecule has 0 spiro atoms. The lowest BCUT2D eigenvalue weighted by atomic mass is 9.83. The average molecular weight is 630 g/mol. The number of ether oxygens (including phenoxy) is 3. The van der Waals surface area contributed by atoms with Crippen molar-refractivity contribution in [3.05, 3.63) is 58.9 Å². The topological polar surface area (TPSA) is 100 Å². The number of amides is 1. The Hall–Kier alpha value is -2.43. The van der Waals surface area contributed by atoms with Gasteiger partial charge in [0.1, 0.15) is 0 Å². The molecule has 9 heteroatoms. The van der Waals surface area contributed by atoms with Crippen LogP contribution in [0.25, 0.3) is 0 Å². The minimum Gasteiger partial charge on any atom is -0.410 e. The summed E-state index contributed by atoms with van der Waals surface area (Å²) in [5.41, 5.74) is 1.64. The van der Waals surface area contributed by atoms with Crippen molar-refractivity contribution in [1.29, 1.82) is 0 Å². The number of hydrogen-bond donors (Lipinski definition) is 1. The zero-order valence-corrected chi connectivity index (χ0v) is 30.1. The Morgan fingerprint density at radius 3 is 2.07 bits per heavy atom. The molecule has 0 unspecified atom stereocenters. The lowest BCUT2D eigenvalue weighted by Crippen LogP contribution is -2.46. The third kappa shape index (κ3) is 9.30. The summed E-state index contributed by atoms with van der Waals surface area (Å²) in [5, 5.41) is 2.67. The molecule has 7 atom stereocenters. The first-order valence-corrected chi connectivity index (χ1v) is 18.4. The summed E-state index contributed by atoms with van der Waals surface area (Å²) >= 11 is 0. The first kappa shape index (κ1) is 37.8. The number of fused-ring (bicyclic) bond motifs is 2. The molecule has 8 nitrogen and oxygen atoms in total. The summed E-state index contributed by atoms with van der Waals surface area (Å²) in [5.74, 6) is -1.54. The van der Waals surface area contributed by atoms with Gasteiger partial charge in [-0.3, -0.25) is 14.4 Å². The van der Waals surface area contributed by atoms with E-state index in [9.17, 15) is 14.4 Å². The maximum atomic E-state index is 13.5. The highest BCUT2D eigenvalue weighted by atomic mass is 28.4. The fourth-order valence-corrected chi connectivity index (χ4v) is 7.03. The third-order valence-electron chi connectivity index (χ3n) is 9.28. The molecule has 2 bridgehead atoms. The van der Waals surface area contributed by atoms with Crippen LogP contribution in [0.4, 0.5) is 0 Å². The summed E-state index contributed by atoms with van der Waals surface area (Å²) in [6.07, 6.45) is 9.26. The molecule has 44 heavy (non-hydrogen) atoms. The van der Waals surface area contributed by atoms with Gasteiger partial charge in [0.25, 0.3) is 5.91 Å². The van der Waals surface area contributed by atoms with E-state index in [1.165, 1.54) is 13.2 Å². The van der Waals surface area contributed by atoms with Gasteiger partial charge in [0.15, 0.2) is 14.1 Å². The Bertz CT molecular complexity index is 1220. The molecule has 0 aromatic rings. The number of rotatable bonds is 5. The highest BCUT2D eigenvalue weighted by Crippen LogP contribution is 2.39. The Morgan fingerprint density at radius 1 is 0.886 bits per heavy atom. The van der Waals surface area contributed by atoms with E-state index < -0.39 is 26.1 Å². The van der Waals surface area contributed by atoms with Gasteiger partial charge in [-0.25, -0.2) is 0 Å². The highest BCUT2D eigenvalue weighted by Gasteiger charge is 2.41. The van der Waals surface area contributed by atoms with E-state index in [1.54, 1.807) is 27.2 Å². The summed E-state index contributed by atoms with van der Waals surface area (Å²) in [6, 6.07) is 0. The van der Waals surface area contributed by atoms with Gasteiger partial charge in [0, 0.05) is 50.4 Å². The molecule has 0 fully saturated rings. The van der Waals surface area contributed by atoms with Crippen LogP contribution in [-0.2, 0) is 33.0 Å². The molecular formula is C35H55NO7Si. The quantitative estimate of drug-likeness (QED) is 0.218. The second-order valence-electron chi connectivity index (χ2n) is 13.8. The van der Waals surface area contributed by atoms with E-state index in [2.05, 4.69) is 66.0 Å². The molecule has 1 N–H and O–H groups in total. The molecule has 0 saturated carbocycles. The largest absolute Gasteiger partial charge is 0.410 e. The van der Waals surface area contributed by atoms with E-state index >= 15 is 0 Å². The van der Waals surface area contributed by atoms with Crippen LogP contribution < -0.4 is 5.32 Å². The second kappa shape index (κ2) is 15.7. The average Bonchev–Trinajstić information content (AvgIpc) is 2.92. The van der Waals surface area contributed by atoms with Crippen molar-refractivity contribution in [1.82, 2.24) is 5.32 Å². The normalized spacial score (nSPS) is 33.4. The number of hydrogen-bond acceptors (Lipinski definition) is 7. The molecule has 0 saturated heterocycles. The number of methoxy groups -OCH3 is 3. The molecule has 0 radical (unpaired) electrons. The van der Waals surface area contributed by atoms with Crippen molar-refractivity contribution in [3.63, 3.8) is 0 Å². The van der Waals surface area contributed by atoms with E-state index in [0.717, 1.165) is 11.6 Å². The van der Waals surface area contributed by atoms with Crippen LogP contribution in [0.1, 0.15) is 61.8 Å². The van der Waals surface area contributed by atoms with Gasteiger partial charge in [-0.1, -0.05) is 65.8 Å². The van der Waals surface area contributed by atoms with Crippen molar-refractivity contribution in [3.8, 4) is 0 Å². The van der Waals surface area contributed by atoms with Crippen LogP contribution >= 0.6 is 0 Å². The molecule has 0 aromatic carbocycles. The predicted molar refractivity (Wildman–Crippen MR) is 178 cm³/mol. The lowest BCUT2D eigenvalue weighted by molar-refractivity contribution is -0.120. The predicted octanol–water partition coefficient (Wildman–Crippen LogP) is 6.26. The Balaban J connectivity index is 2.68. The highest BCUT2D eigenvalue weighted by molar-refractivity contribution is 6.74. The number of carbonyl (C=O) groups excluding carboxylic acids is 3. The summed E-state index contributed by atoms with van der Waals surface area (Å²) in [6.45, 7) is 21.2. The zero-order chi connectivity index (χ0) is 33.6. The van der Waals surface area contributed by atoms with Crippen LogP contribution in [0.5, 0.6) is 0 Å². The van der Waals surface area contributed by atoms with E-state index in [-0.39, 0.29) is 58.2 Å². The summed E-state index contributed by atoms with van der Waals surface area (Å²) in [7, 11) is 2.70. The third-order valence-corrected chi connectivity index (χ3v) is 13.7. The fraction of sp³-hybridized carbons (Fsp3) is 0.629. The lowest BCUT2D eigenvalue weighted by Gasteiger charge is -2.41. The smallest absolute Gasteiger partial charge is 0.251 e. The van der Waals surface area contributed by atoms with Crippen molar-refractivity contribution in [2.24, 2.45) is 17.8 Å². The molecule has 246 valence electrons. The minimum atomic E-state index is -2.15. The van der Waals surface area contributed by atoms with Crippen molar-refractivity contribution in [2.75, 3.05) is 21.3 Å². The van der Waals surface area contributed by atoms with Crippen LogP contribution in [0.15, 0.2) is 58.9 Å². The van der Waals surface area contributed by atoms with Gasteiger partial charge in [0.05, 0.1) is 30.1 Å². The summed E-state index contributed by atoms with van der Waals surface area (Å²) < 4.78 is 24.8. The second-order valence-corrected chi connectivity index (χ2v) is 18.6. The van der Waals surface area contributed by atoms with Gasteiger partial charge < -0.3 is 24.0 Å².